The summed E-state index contributed by atoms with van der Waals surface area (Å²) in [5, 5.41) is 3.00. The monoisotopic (exact) mass is 237 g/mol. The molecule has 0 unspecified atom stereocenters. The van der Waals surface area contributed by atoms with E-state index < -0.39 is 9.84 Å². The van der Waals surface area contributed by atoms with E-state index in [9.17, 15) is 8.42 Å². The molecule has 0 amide bonds. The molecule has 0 aliphatic rings. The molecule has 0 radical (unpaired) electrons. The zero-order valence-corrected chi connectivity index (χ0v) is 10.3. The molecule has 0 heterocycles. The fraction of sp³-hybridized carbons (Fsp3) is 0.333. The highest BCUT2D eigenvalue weighted by Crippen LogP contribution is 2.21. The molecule has 0 aliphatic carbocycles. The van der Waals surface area contributed by atoms with Crippen LogP contribution >= 0.6 is 0 Å². The van der Waals surface area contributed by atoms with Gasteiger partial charge in [0.1, 0.15) is 0 Å². The fourth-order valence-corrected chi connectivity index (χ4v) is 2.34. The first-order valence-corrected chi connectivity index (χ1v) is 6.72. The Morgan fingerprint density at radius 2 is 2.00 bits per heavy atom. The average molecular weight is 237 g/mol. The summed E-state index contributed by atoms with van der Waals surface area (Å²) in [5.74, 6) is 5.69. The molecule has 0 spiro atoms. The van der Waals surface area contributed by atoms with E-state index >= 15 is 0 Å². The normalized spacial score (nSPS) is 10.4. The lowest BCUT2D eigenvalue weighted by Crippen LogP contribution is -2.09. The number of nitrogens with one attached hydrogen (secondary N) is 1. The summed E-state index contributed by atoms with van der Waals surface area (Å²) < 4.78 is 23.6. The number of sulfone groups is 1. The molecular weight excluding hydrogens is 222 g/mol. The molecule has 86 valence electrons. The lowest BCUT2D eigenvalue weighted by atomic mass is 10.3. The van der Waals surface area contributed by atoms with Gasteiger partial charge in [0, 0.05) is 0 Å². The number of hydrogen-bond donors (Lipinski definition) is 1. The summed E-state index contributed by atoms with van der Waals surface area (Å²) >= 11 is 0. The van der Waals surface area contributed by atoms with E-state index in [0.717, 1.165) is 0 Å². The Kier molecular flexibility index (Phi) is 4.39. The van der Waals surface area contributed by atoms with Crippen molar-refractivity contribution in [1.29, 1.82) is 0 Å². The van der Waals surface area contributed by atoms with Crippen molar-refractivity contribution in [1.82, 2.24) is 0 Å². The molecule has 0 bridgehead atoms. The van der Waals surface area contributed by atoms with Gasteiger partial charge in [0.05, 0.1) is 22.9 Å². The quantitative estimate of drug-likeness (QED) is 0.814. The Labute approximate surface area is 96.8 Å². The summed E-state index contributed by atoms with van der Waals surface area (Å²) in [6.07, 6.45) is 0. The molecule has 0 atom stereocenters. The van der Waals surface area contributed by atoms with Crippen LogP contribution in [-0.4, -0.2) is 20.7 Å². The van der Waals surface area contributed by atoms with Gasteiger partial charge in [0.2, 0.25) is 0 Å². The van der Waals surface area contributed by atoms with Gasteiger partial charge in [-0.15, -0.1) is 5.92 Å². The summed E-state index contributed by atoms with van der Waals surface area (Å²) in [6, 6.07) is 6.88. The highest BCUT2D eigenvalue weighted by atomic mass is 32.2. The van der Waals surface area contributed by atoms with Crippen LogP contribution in [0.25, 0.3) is 0 Å². The van der Waals surface area contributed by atoms with E-state index in [-0.39, 0.29) is 5.75 Å². The molecule has 4 heteroatoms. The molecule has 1 N–H and O–H groups in total. The largest absolute Gasteiger partial charge is 0.373 e. The Morgan fingerprint density at radius 3 is 2.62 bits per heavy atom. The third-order valence-corrected chi connectivity index (χ3v) is 3.93. The molecule has 0 aliphatic heterocycles. The van der Waals surface area contributed by atoms with Crippen LogP contribution in [0.5, 0.6) is 0 Å². The van der Waals surface area contributed by atoms with Crippen molar-refractivity contribution < 1.29 is 8.42 Å². The van der Waals surface area contributed by atoms with Gasteiger partial charge in [-0.1, -0.05) is 25.0 Å². The fourth-order valence-electron chi connectivity index (χ4n) is 1.27. The Hall–Kier alpha value is -1.47. The van der Waals surface area contributed by atoms with Gasteiger partial charge >= 0.3 is 0 Å². The van der Waals surface area contributed by atoms with Gasteiger partial charge in [0.25, 0.3) is 0 Å². The number of para-hydroxylation sites is 1. The number of benzene rings is 1. The first kappa shape index (κ1) is 12.6. The minimum absolute atomic E-state index is 0.102. The van der Waals surface area contributed by atoms with Crippen LogP contribution < -0.4 is 5.32 Å². The smallest absolute Gasteiger partial charge is 0.180 e. The van der Waals surface area contributed by atoms with Gasteiger partial charge < -0.3 is 5.32 Å². The molecule has 16 heavy (non-hydrogen) atoms. The van der Waals surface area contributed by atoms with Crippen LogP contribution in [0.1, 0.15) is 13.8 Å². The van der Waals surface area contributed by atoms with Crippen LogP contribution in [0.3, 0.4) is 0 Å². The molecule has 0 saturated heterocycles. The van der Waals surface area contributed by atoms with Crippen molar-refractivity contribution in [3.05, 3.63) is 24.3 Å². The van der Waals surface area contributed by atoms with Crippen LogP contribution in [0.2, 0.25) is 0 Å². The zero-order valence-electron chi connectivity index (χ0n) is 9.45. The maximum Gasteiger partial charge on any atom is 0.180 e. The van der Waals surface area contributed by atoms with E-state index in [0.29, 0.717) is 17.1 Å². The van der Waals surface area contributed by atoms with E-state index in [1.54, 1.807) is 38.1 Å². The summed E-state index contributed by atoms with van der Waals surface area (Å²) in [4.78, 5) is 0.343. The van der Waals surface area contributed by atoms with Crippen molar-refractivity contribution in [3.63, 3.8) is 0 Å². The molecule has 0 saturated carbocycles. The van der Waals surface area contributed by atoms with Crippen molar-refractivity contribution in [3.8, 4) is 11.8 Å². The molecule has 1 aromatic carbocycles. The maximum absolute atomic E-state index is 11.8. The molecule has 0 fully saturated rings. The number of hydrogen-bond acceptors (Lipinski definition) is 3. The summed E-state index contributed by atoms with van der Waals surface area (Å²) in [5.41, 5.74) is 0.618. The second kappa shape index (κ2) is 5.57. The first-order chi connectivity index (χ1) is 7.61. The highest BCUT2D eigenvalue weighted by molar-refractivity contribution is 7.91. The average Bonchev–Trinajstić information content (AvgIpc) is 2.30. The molecule has 0 aromatic heterocycles. The minimum atomic E-state index is -3.18. The van der Waals surface area contributed by atoms with Crippen molar-refractivity contribution >= 4 is 15.5 Å². The van der Waals surface area contributed by atoms with E-state index in [4.69, 9.17) is 0 Å². The van der Waals surface area contributed by atoms with Gasteiger partial charge in [0.15, 0.2) is 9.84 Å². The van der Waals surface area contributed by atoms with Crippen molar-refractivity contribution in [2.24, 2.45) is 0 Å². The number of rotatable bonds is 4. The molecule has 1 aromatic rings. The summed E-state index contributed by atoms with van der Waals surface area (Å²) in [6.45, 7) is 3.83. The van der Waals surface area contributed by atoms with Crippen LogP contribution in [-0.2, 0) is 9.84 Å². The van der Waals surface area contributed by atoms with Gasteiger partial charge in [-0.25, -0.2) is 8.42 Å². The van der Waals surface area contributed by atoms with E-state index in [1.165, 1.54) is 0 Å². The van der Waals surface area contributed by atoms with Crippen LogP contribution in [0, 0.1) is 11.8 Å². The van der Waals surface area contributed by atoms with Crippen LogP contribution in [0.4, 0.5) is 5.69 Å². The van der Waals surface area contributed by atoms with Crippen molar-refractivity contribution in [2.75, 3.05) is 17.6 Å². The standard InChI is InChI=1S/C12H15NO2S/c1-3-5-10-13-11-8-6-7-9-12(11)16(14,15)4-2/h6-9,13H,4,10H2,1-2H3. The zero-order chi connectivity index (χ0) is 12.0. The maximum atomic E-state index is 11.8. The lowest BCUT2D eigenvalue weighted by molar-refractivity contribution is 0.597. The molecular formula is C12H15NO2S. The van der Waals surface area contributed by atoms with Crippen molar-refractivity contribution in [2.45, 2.75) is 18.7 Å². The molecule has 1 rings (SSSR count). The second-order valence-electron chi connectivity index (χ2n) is 3.18. The SMILES string of the molecule is CC#CCNc1ccccc1S(=O)(=O)CC. The van der Waals surface area contributed by atoms with E-state index in [1.807, 2.05) is 0 Å². The summed E-state index contributed by atoms with van der Waals surface area (Å²) in [7, 11) is -3.18. The topological polar surface area (TPSA) is 46.2 Å². The molecule has 3 nitrogen and oxygen atoms in total. The predicted molar refractivity (Wildman–Crippen MR) is 66.1 cm³/mol. The van der Waals surface area contributed by atoms with Gasteiger partial charge in [-0.3, -0.25) is 0 Å². The Morgan fingerprint density at radius 1 is 1.31 bits per heavy atom. The van der Waals surface area contributed by atoms with Gasteiger partial charge in [-0.05, 0) is 19.1 Å². The first-order valence-electron chi connectivity index (χ1n) is 5.07. The van der Waals surface area contributed by atoms with Crippen LogP contribution in [0.15, 0.2) is 29.2 Å². The lowest BCUT2D eigenvalue weighted by Gasteiger charge is -2.09. The third kappa shape index (κ3) is 3.01. The van der Waals surface area contributed by atoms with E-state index in [2.05, 4.69) is 17.2 Å². The predicted octanol–water partition coefficient (Wildman–Crippen LogP) is 1.92. The third-order valence-electron chi connectivity index (χ3n) is 2.15. The Balaban J connectivity index is 3.04. The number of anilines is 1. The highest BCUT2D eigenvalue weighted by Gasteiger charge is 2.15. The Bertz CT molecular complexity index is 509. The minimum Gasteiger partial charge on any atom is -0.373 e. The van der Waals surface area contributed by atoms with Gasteiger partial charge in [-0.2, -0.15) is 0 Å². The second-order valence-corrected chi connectivity index (χ2v) is 5.43.